The highest BCUT2D eigenvalue weighted by Crippen LogP contribution is 2.15. The number of carbonyl (C=O) groups is 1. The number of amides is 1. The molecule has 9 heteroatoms. The number of nitrogens with zero attached hydrogens (tertiary/aromatic N) is 4. The Morgan fingerprint density at radius 3 is 2.90 bits per heavy atom. The van der Waals surface area contributed by atoms with Crippen LogP contribution >= 0.6 is 0 Å². The van der Waals surface area contributed by atoms with Gasteiger partial charge in [-0.1, -0.05) is 11.1 Å². The van der Waals surface area contributed by atoms with Crippen LogP contribution in [0.25, 0.3) is 16.7 Å². The fourth-order valence-corrected chi connectivity index (χ4v) is 3.72. The molecule has 0 bridgehead atoms. The topological polar surface area (TPSA) is 106 Å². The van der Waals surface area contributed by atoms with Crippen molar-refractivity contribution in [2.45, 2.75) is 13.0 Å². The summed E-state index contributed by atoms with van der Waals surface area (Å²) in [6, 6.07) is 6.92. The molecule has 0 spiro atoms. The molecule has 4 heterocycles. The maximum absolute atomic E-state index is 13.1. The minimum absolute atomic E-state index is 0.224. The zero-order valence-electron chi connectivity index (χ0n) is 16.4. The number of nitrogens with two attached hydrogens (primary N) is 1. The number of ether oxygens (including phenoxy) is 1. The molecule has 9 nitrogen and oxygen atoms in total. The molecule has 3 aromatic rings. The molecule has 1 saturated heterocycles. The molecule has 0 aromatic carbocycles. The third kappa shape index (κ3) is 3.66. The summed E-state index contributed by atoms with van der Waals surface area (Å²) in [6.45, 7) is 4.74. The molecule has 0 radical (unpaired) electrons. The van der Waals surface area contributed by atoms with E-state index in [0.717, 1.165) is 39.3 Å². The molecule has 1 aliphatic rings. The number of aromatic nitrogens is 3. The summed E-state index contributed by atoms with van der Waals surface area (Å²) in [7, 11) is 1.54. The van der Waals surface area contributed by atoms with Crippen molar-refractivity contribution < 1.29 is 14.1 Å². The number of morpholine rings is 1. The van der Waals surface area contributed by atoms with E-state index >= 15 is 0 Å². The smallest absolute Gasteiger partial charge is 0.278 e. The van der Waals surface area contributed by atoms with Crippen LogP contribution in [0.1, 0.15) is 16.8 Å². The highest BCUT2D eigenvalue weighted by molar-refractivity contribution is 6.00. The molecule has 0 saturated carbocycles. The Labute approximate surface area is 167 Å². The Hall–Kier alpha value is -3.04. The molecule has 1 aliphatic heterocycles. The molecule has 29 heavy (non-hydrogen) atoms. The van der Waals surface area contributed by atoms with E-state index in [1.165, 1.54) is 10.5 Å². The molecule has 0 atom stereocenters. The Morgan fingerprint density at radius 2 is 2.14 bits per heavy atom. The fraction of sp³-hybridized carbons (Fsp3) is 0.400. The number of nitrogen functional groups attached to an aromatic ring is 1. The molecule has 0 unspecified atom stereocenters. The van der Waals surface area contributed by atoms with E-state index in [1.807, 2.05) is 6.07 Å². The minimum atomic E-state index is -0.330. The molecule has 3 N–H and O–H groups in total. The summed E-state index contributed by atoms with van der Waals surface area (Å²) in [6.07, 6.45) is 2.49. The second-order valence-corrected chi connectivity index (χ2v) is 7.06. The van der Waals surface area contributed by atoms with Crippen LogP contribution in [0.5, 0.6) is 0 Å². The normalized spacial score (nSPS) is 15.1. The molecular weight excluding hydrogens is 372 g/mol. The van der Waals surface area contributed by atoms with E-state index in [4.69, 9.17) is 10.5 Å². The second kappa shape index (κ2) is 8.14. The van der Waals surface area contributed by atoms with Crippen molar-refractivity contribution in [1.29, 1.82) is 0 Å². The van der Waals surface area contributed by atoms with E-state index in [9.17, 15) is 9.59 Å². The van der Waals surface area contributed by atoms with Crippen molar-refractivity contribution in [3.05, 3.63) is 46.4 Å². The molecule has 3 aromatic heterocycles. The van der Waals surface area contributed by atoms with Gasteiger partial charge in [0.2, 0.25) is 11.5 Å². The van der Waals surface area contributed by atoms with Crippen molar-refractivity contribution in [3.63, 3.8) is 0 Å². The Morgan fingerprint density at radius 1 is 1.34 bits per heavy atom. The number of hydrogen-bond donors (Lipinski definition) is 2. The van der Waals surface area contributed by atoms with Gasteiger partial charge in [-0.15, -0.1) is 0 Å². The summed E-state index contributed by atoms with van der Waals surface area (Å²) in [5.74, 6) is -0.0186. The van der Waals surface area contributed by atoms with Crippen LogP contribution < -0.4 is 21.2 Å². The van der Waals surface area contributed by atoms with Crippen LogP contribution in [0.3, 0.4) is 0 Å². The Bertz CT molecular complexity index is 1120. The van der Waals surface area contributed by atoms with Crippen molar-refractivity contribution >= 4 is 28.4 Å². The Balaban J connectivity index is 1.79. The summed E-state index contributed by atoms with van der Waals surface area (Å²) in [5.41, 5.74) is 7.45. The van der Waals surface area contributed by atoms with Crippen molar-refractivity contribution in [3.8, 4) is 0 Å². The van der Waals surface area contributed by atoms with Gasteiger partial charge in [0.1, 0.15) is 10.9 Å². The summed E-state index contributed by atoms with van der Waals surface area (Å²) < 4.78 is 8.65. The quantitative estimate of drug-likeness (QED) is 0.456. The van der Waals surface area contributed by atoms with Gasteiger partial charge >= 0.3 is 0 Å². The van der Waals surface area contributed by atoms with Crippen molar-refractivity contribution in [2.75, 3.05) is 45.6 Å². The van der Waals surface area contributed by atoms with Gasteiger partial charge in [-0.05, 0) is 24.6 Å². The van der Waals surface area contributed by atoms with Crippen LogP contribution in [-0.2, 0) is 11.3 Å². The van der Waals surface area contributed by atoms with E-state index in [-0.39, 0.29) is 17.0 Å². The summed E-state index contributed by atoms with van der Waals surface area (Å²) >= 11 is 0. The van der Waals surface area contributed by atoms with Gasteiger partial charge < -0.3 is 15.8 Å². The van der Waals surface area contributed by atoms with Gasteiger partial charge in [-0.2, -0.15) is 0 Å². The second-order valence-electron chi connectivity index (χ2n) is 7.06. The van der Waals surface area contributed by atoms with E-state index in [0.29, 0.717) is 29.0 Å². The van der Waals surface area contributed by atoms with E-state index in [2.05, 4.69) is 15.2 Å². The fourth-order valence-electron chi connectivity index (χ4n) is 3.72. The van der Waals surface area contributed by atoms with Gasteiger partial charge in [-0.25, -0.2) is 4.57 Å². The number of nitrogens with one attached hydrogen (secondary N) is 1. The third-order valence-electron chi connectivity index (χ3n) is 5.29. The van der Waals surface area contributed by atoms with Gasteiger partial charge in [0.05, 0.1) is 19.8 Å². The molecule has 0 aliphatic carbocycles. The number of hydrogen-bond acceptors (Lipinski definition) is 6. The highest BCUT2D eigenvalue weighted by Gasteiger charge is 2.24. The van der Waals surface area contributed by atoms with Crippen LogP contribution in [-0.4, -0.2) is 60.1 Å². The van der Waals surface area contributed by atoms with Crippen molar-refractivity contribution in [1.82, 2.24) is 19.6 Å². The standard InChI is InChI=1S/C20H24N6O3/c1-22-19(27)14-13-15-18(23-16-5-2-3-7-25(16)20(15)28)26(17(14)21)8-4-6-24-9-11-29-12-10-24/h2-3,5,7,13,21H,4,6,8-12H2,1H3,(H,22,27)/p+1. The highest BCUT2D eigenvalue weighted by atomic mass is 16.5. The number of carbonyl (C=O) groups excluding carboxylic acids is 1. The average Bonchev–Trinajstić information content (AvgIpc) is 2.75. The maximum Gasteiger partial charge on any atom is 0.278 e. The average molecular weight is 397 g/mol. The number of anilines is 1. The lowest BCUT2D eigenvalue weighted by molar-refractivity contribution is -0.659. The van der Waals surface area contributed by atoms with Gasteiger partial charge in [-0.3, -0.25) is 18.9 Å². The molecule has 1 fully saturated rings. The predicted octanol–water partition coefficient (Wildman–Crippen LogP) is -0.201. The first kappa shape index (κ1) is 19.3. The van der Waals surface area contributed by atoms with Crippen LogP contribution in [0.2, 0.25) is 0 Å². The largest absolute Gasteiger partial charge is 0.379 e. The van der Waals surface area contributed by atoms with Crippen LogP contribution in [0.15, 0.2) is 35.3 Å². The molecule has 152 valence electrons. The maximum atomic E-state index is 13.1. The zero-order valence-corrected chi connectivity index (χ0v) is 16.4. The van der Waals surface area contributed by atoms with Crippen LogP contribution in [0.4, 0.5) is 5.82 Å². The zero-order chi connectivity index (χ0) is 20.4. The van der Waals surface area contributed by atoms with Gasteiger partial charge in [0, 0.05) is 32.9 Å². The lowest BCUT2D eigenvalue weighted by Crippen LogP contribution is -2.44. The van der Waals surface area contributed by atoms with E-state index in [1.54, 1.807) is 29.9 Å². The third-order valence-corrected chi connectivity index (χ3v) is 5.29. The first-order chi connectivity index (χ1) is 14.1. The van der Waals surface area contributed by atoms with Crippen LogP contribution in [0, 0.1) is 0 Å². The number of aryl methyl sites for hydroxylation is 1. The predicted molar refractivity (Wildman–Crippen MR) is 109 cm³/mol. The van der Waals surface area contributed by atoms with Crippen molar-refractivity contribution in [2.24, 2.45) is 0 Å². The lowest BCUT2D eigenvalue weighted by atomic mass is 10.1. The molecule has 1 amide bonds. The summed E-state index contributed by atoms with van der Waals surface area (Å²) in [5, 5.41) is 2.96. The van der Waals surface area contributed by atoms with E-state index < -0.39 is 0 Å². The Kier molecular flexibility index (Phi) is 5.41. The number of fused-ring (bicyclic) bond motifs is 2. The SMILES string of the molecule is CNC(=O)c1cc2c(=O)n3ccccc3nc2[n+](CCCN2CCOCC2)c1N. The lowest BCUT2D eigenvalue weighted by Gasteiger charge is -2.26. The first-order valence-corrected chi connectivity index (χ1v) is 9.76. The van der Waals surface area contributed by atoms with Gasteiger partial charge in [0.15, 0.2) is 0 Å². The number of pyridine rings is 2. The summed E-state index contributed by atoms with van der Waals surface area (Å²) in [4.78, 5) is 32.4. The molecule has 4 rings (SSSR count). The number of rotatable bonds is 5. The van der Waals surface area contributed by atoms with Gasteiger partial charge in [0.25, 0.3) is 17.1 Å². The first-order valence-electron chi connectivity index (χ1n) is 9.76. The molecular formula is C20H25N6O3+. The monoisotopic (exact) mass is 397 g/mol. The minimum Gasteiger partial charge on any atom is -0.379 e.